The Bertz CT molecular complexity index is 778. The van der Waals surface area contributed by atoms with Gasteiger partial charge in [0.1, 0.15) is 12.1 Å². The summed E-state index contributed by atoms with van der Waals surface area (Å²) in [6, 6.07) is -2.00. The molecule has 0 spiro atoms. The van der Waals surface area contributed by atoms with Crippen molar-refractivity contribution in [2.45, 2.75) is 89.6 Å². The van der Waals surface area contributed by atoms with E-state index in [0.717, 1.165) is 37.0 Å². The Balaban J connectivity index is 1.31. The number of hydrogen-bond acceptors (Lipinski definition) is 5. The van der Waals surface area contributed by atoms with E-state index < -0.39 is 29.9 Å². The average Bonchev–Trinajstić information content (AvgIpc) is 2.74. The molecule has 4 aliphatic rings. The van der Waals surface area contributed by atoms with Crippen LogP contribution in [0.2, 0.25) is 0 Å². The van der Waals surface area contributed by atoms with Crippen LogP contribution in [0.15, 0.2) is 0 Å². The van der Waals surface area contributed by atoms with Gasteiger partial charge in [-0.3, -0.25) is 24.0 Å². The molecule has 4 amide bonds. The Hall–Kier alpha value is -2.65. The number of carboxylic acid groups (broad SMARTS) is 1. The molecule has 2 atom stereocenters. The molecular formula is C24H38N4O6. The standard InChI is InChI=1S/C24H38N4O6/c1-14(22(33)28-18(21(25)32)5-6-20(30)31)27-19(29)4-2-3-7-26-23(34)24-11-15-8-16(12-24)10-17(9-15)13-24/h14-18H,2-13H2,1H3,(H2,25,32)(H,26,34)(H,27,29)(H,28,33)(H,30,31)/t14-,15?,16?,17?,18-,24?/m0/s1. The predicted octanol–water partition coefficient (Wildman–Crippen LogP) is 0.829. The Kier molecular flexibility index (Phi) is 8.54. The molecule has 10 heteroatoms. The summed E-state index contributed by atoms with van der Waals surface area (Å²) < 4.78 is 0. The van der Waals surface area contributed by atoms with E-state index in [2.05, 4.69) is 16.0 Å². The first-order valence-corrected chi connectivity index (χ1v) is 12.5. The molecule has 0 saturated heterocycles. The topological polar surface area (TPSA) is 168 Å². The molecule has 0 heterocycles. The quantitative estimate of drug-likeness (QED) is 0.246. The van der Waals surface area contributed by atoms with Crippen molar-refractivity contribution in [2.24, 2.45) is 28.9 Å². The van der Waals surface area contributed by atoms with Gasteiger partial charge in [-0.15, -0.1) is 0 Å². The SMILES string of the molecule is C[C@H](NC(=O)CCCCNC(=O)C12CC3CC(CC(C3)C1)C2)C(=O)N[C@@H](CCC(=O)O)C(N)=O. The highest BCUT2D eigenvalue weighted by Gasteiger charge is 2.54. The zero-order chi connectivity index (χ0) is 24.9. The molecule has 4 aliphatic carbocycles. The van der Waals surface area contributed by atoms with Gasteiger partial charge in [0.15, 0.2) is 0 Å². The highest BCUT2D eigenvalue weighted by atomic mass is 16.4. The molecule has 6 N–H and O–H groups in total. The number of rotatable bonds is 13. The van der Waals surface area contributed by atoms with E-state index in [1.807, 2.05) is 0 Å². The van der Waals surface area contributed by atoms with Crippen LogP contribution in [-0.4, -0.2) is 53.3 Å². The monoisotopic (exact) mass is 478 g/mol. The molecule has 4 bridgehead atoms. The summed E-state index contributed by atoms with van der Waals surface area (Å²) in [6.07, 6.45) is 8.00. The van der Waals surface area contributed by atoms with Crippen LogP contribution in [0.4, 0.5) is 0 Å². The van der Waals surface area contributed by atoms with Crippen LogP contribution < -0.4 is 21.7 Å². The third kappa shape index (κ3) is 6.70. The van der Waals surface area contributed by atoms with Crippen LogP contribution in [0, 0.1) is 23.2 Å². The fraction of sp³-hybridized carbons (Fsp3) is 0.792. The van der Waals surface area contributed by atoms with Gasteiger partial charge in [0.2, 0.25) is 23.6 Å². The third-order valence-electron chi connectivity index (χ3n) is 7.71. The zero-order valence-corrected chi connectivity index (χ0v) is 19.9. The number of primary amides is 1. The van der Waals surface area contributed by atoms with E-state index in [1.54, 1.807) is 0 Å². The van der Waals surface area contributed by atoms with E-state index >= 15 is 0 Å². The van der Waals surface area contributed by atoms with Crippen LogP contribution in [-0.2, 0) is 24.0 Å². The summed E-state index contributed by atoms with van der Waals surface area (Å²) in [4.78, 5) is 59.4. The lowest BCUT2D eigenvalue weighted by atomic mass is 9.49. The number of hydrogen-bond donors (Lipinski definition) is 5. The molecule has 4 rings (SSSR count). The molecule has 4 saturated carbocycles. The summed E-state index contributed by atoms with van der Waals surface area (Å²) >= 11 is 0. The maximum atomic E-state index is 12.9. The third-order valence-corrected chi connectivity index (χ3v) is 7.71. The van der Waals surface area contributed by atoms with Gasteiger partial charge in [-0.2, -0.15) is 0 Å². The van der Waals surface area contributed by atoms with Gasteiger partial charge >= 0.3 is 5.97 Å². The summed E-state index contributed by atoms with van der Waals surface area (Å²) in [5.74, 6) is -0.504. The first-order chi connectivity index (χ1) is 16.1. The Labute approximate surface area is 200 Å². The van der Waals surface area contributed by atoms with Crippen LogP contribution in [0.25, 0.3) is 0 Å². The average molecular weight is 479 g/mol. The van der Waals surface area contributed by atoms with Gasteiger partial charge in [0.05, 0.1) is 0 Å². The second kappa shape index (κ2) is 11.2. The van der Waals surface area contributed by atoms with E-state index in [-0.39, 0.29) is 36.5 Å². The van der Waals surface area contributed by atoms with Crippen LogP contribution in [0.1, 0.15) is 77.6 Å². The largest absolute Gasteiger partial charge is 0.481 e. The van der Waals surface area contributed by atoms with Crippen molar-refractivity contribution < 1.29 is 29.1 Å². The number of aliphatic carboxylic acids is 1. The molecule has 10 nitrogen and oxygen atoms in total. The molecule has 0 aromatic heterocycles. The van der Waals surface area contributed by atoms with E-state index in [0.29, 0.717) is 19.4 Å². The van der Waals surface area contributed by atoms with Gasteiger partial charge in [-0.1, -0.05) is 0 Å². The maximum absolute atomic E-state index is 12.9. The Morgan fingerprint density at radius 2 is 1.53 bits per heavy atom. The fourth-order valence-corrected chi connectivity index (χ4v) is 6.42. The van der Waals surface area contributed by atoms with Gasteiger partial charge in [0, 0.05) is 24.8 Å². The van der Waals surface area contributed by atoms with Crippen molar-refractivity contribution >= 4 is 29.6 Å². The van der Waals surface area contributed by atoms with Gasteiger partial charge < -0.3 is 26.8 Å². The van der Waals surface area contributed by atoms with Crippen molar-refractivity contribution in [3.05, 3.63) is 0 Å². The minimum atomic E-state index is -1.11. The Morgan fingerprint density at radius 3 is 2.06 bits per heavy atom. The molecule has 0 aromatic carbocycles. The van der Waals surface area contributed by atoms with Crippen molar-refractivity contribution in [3.63, 3.8) is 0 Å². The van der Waals surface area contributed by atoms with Gasteiger partial charge in [0.25, 0.3) is 0 Å². The van der Waals surface area contributed by atoms with Crippen molar-refractivity contribution in [3.8, 4) is 0 Å². The molecule has 190 valence electrons. The molecule has 0 aromatic rings. The predicted molar refractivity (Wildman–Crippen MR) is 123 cm³/mol. The highest BCUT2D eigenvalue weighted by Crippen LogP contribution is 2.60. The fourth-order valence-electron chi connectivity index (χ4n) is 6.42. The van der Waals surface area contributed by atoms with Crippen molar-refractivity contribution in [1.29, 1.82) is 0 Å². The van der Waals surface area contributed by atoms with Gasteiger partial charge in [-0.05, 0) is 82.5 Å². The molecule has 34 heavy (non-hydrogen) atoms. The van der Waals surface area contributed by atoms with Crippen molar-refractivity contribution in [2.75, 3.05) is 6.54 Å². The van der Waals surface area contributed by atoms with Crippen LogP contribution >= 0.6 is 0 Å². The normalized spacial score (nSPS) is 28.6. The van der Waals surface area contributed by atoms with Gasteiger partial charge in [-0.25, -0.2) is 0 Å². The summed E-state index contributed by atoms with van der Waals surface area (Å²) in [5.41, 5.74) is 5.04. The van der Waals surface area contributed by atoms with Crippen LogP contribution in [0.5, 0.6) is 0 Å². The van der Waals surface area contributed by atoms with E-state index in [1.165, 1.54) is 26.2 Å². The maximum Gasteiger partial charge on any atom is 0.303 e. The number of carbonyl (C=O) groups excluding carboxylic acids is 4. The first-order valence-electron chi connectivity index (χ1n) is 12.5. The lowest BCUT2D eigenvalue weighted by Gasteiger charge is -2.55. The van der Waals surface area contributed by atoms with E-state index in [4.69, 9.17) is 10.8 Å². The minimum Gasteiger partial charge on any atom is -0.481 e. The lowest BCUT2D eigenvalue weighted by molar-refractivity contribution is -0.146. The highest BCUT2D eigenvalue weighted by molar-refractivity contribution is 5.91. The summed E-state index contributed by atoms with van der Waals surface area (Å²) in [5, 5.41) is 16.8. The molecular weight excluding hydrogens is 440 g/mol. The van der Waals surface area contributed by atoms with Crippen molar-refractivity contribution in [1.82, 2.24) is 16.0 Å². The summed E-state index contributed by atoms with van der Waals surface area (Å²) in [6.45, 7) is 2.02. The molecule has 4 fully saturated rings. The summed E-state index contributed by atoms with van der Waals surface area (Å²) in [7, 11) is 0. The zero-order valence-electron chi connectivity index (χ0n) is 19.9. The number of carbonyl (C=O) groups is 5. The van der Waals surface area contributed by atoms with E-state index in [9.17, 15) is 24.0 Å². The smallest absolute Gasteiger partial charge is 0.303 e. The van der Waals surface area contributed by atoms with Crippen LogP contribution in [0.3, 0.4) is 0 Å². The molecule has 0 radical (unpaired) electrons. The lowest BCUT2D eigenvalue weighted by Crippen LogP contribution is -2.53. The minimum absolute atomic E-state index is 0.119. The first kappa shape index (κ1) is 26.0. The number of unbranched alkanes of at least 4 members (excludes halogenated alkanes) is 1. The second-order valence-corrected chi connectivity index (χ2v) is 10.6. The number of nitrogens with one attached hydrogen (secondary N) is 3. The number of amides is 4. The Morgan fingerprint density at radius 1 is 0.941 bits per heavy atom. The second-order valence-electron chi connectivity index (χ2n) is 10.6. The number of carboxylic acids is 1. The molecule has 0 unspecified atom stereocenters. The molecule has 0 aliphatic heterocycles. The number of nitrogens with two attached hydrogens (primary N) is 1.